The van der Waals surface area contributed by atoms with E-state index in [9.17, 15) is 18.0 Å². The van der Waals surface area contributed by atoms with Gasteiger partial charge in [-0.25, -0.2) is 8.42 Å². The fraction of sp³-hybridized carbons (Fsp3) is 0.517. The maximum atomic E-state index is 13.0. The molecule has 4 aliphatic carbocycles. The van der Waals surface area contributed by atoms with Crippen LogP contribution >= 0.6 is 11.3 Å². The van der Waals surface area contributed by atoms with E-state index in [4.69, 9.17) is 0 Å². The van der Waals surface area contributed by atoms with Crippen LogP contribution in [0.5, 0.6) is 0 Å². The molecule has 1 amide bonds. The van der Waals surface area contributed by atoms with Crippen LogP contribution in [0.4, 0.5) is 11.4 Å². The molecule has 202 valence electrons. The molecule has 38 heavy (non-hydrogen) atoms. The average molecular weight is 554 g/mol. The second kappa shape index (κ2) is 9.23. The quantitative estimate of drug-likeness (QED) is 0.418. The molecule has 3 aromatic rings. The lowest BCUT2D eigenvalue weighted by Gasteiger charge is -2.57. The van der Waals surface area contributed by atoms with Crippen LogP contribution in [0.1, 0.15) is 64.0 Å². The molecule has 1 N–H and O–H groups in total. The number of fused-ring (bicyclic) bond motifs is 1. The van der Waals surface area contributed by atoms with E-state index in [0.717, 1.165) is 49.9 Å². The lowest BCUT2D eigenvalue weighted by atomic mass is 9.48. The van der Waals surface area contributed by atoms with E-state index in [1.54, 1.807) is 16.7 Å². The first-order valence-corrected chi connectivity index (χ1v) is 16.2. The van der Waals surface area contributed by atoms with E-state index in [0.29, 0.717) is 11.4 Å². The first-order valence-electron chi connectivity index (χ1n) is 13.5. The third-order valence-electron chi connectivity index (χ3n) is 8.91. The molecule has 4 bridgehead atoms. The van der Waals surface area contributed by atoms with Gasteiger partial charge in [-0.05, 0) is 111 Å². The van der Waals surface area contributed by atoms with Gasteiger partial charge in [-0.3, -0.25) is 18.5 Å². The van der Waals surface area contributed by atoms with Gasteiger partial charge in [0.2, 0.25) is 15.9 Å². The fourth-order valence-electron chi connectivity index (χ4n) is 7.78. The molecule has 0 atom stereocenters. The highest BCUT2D eigenvalue weighted by Gasteiger charge is 2.51. The molecule has 2 aromatic carbocycles. The van der Waals surface area contributed by atoms with Gasteiger partial charge in [0.25, 0.3) is 0 Å². The number of nitrogens with zero attached hydrogens (tertiary/aromatic N) is 2. The van der Waals surface area contributed by atoms with Crippen molar-refractivity contribution in [2.24, 2.45) is 17.8 Å². The van der Waals surface area contributed by atoms with Gasteiger partial charge in [-0.2, -0.15) is 0 Å². The van der Waals surface area contributed by atoms with E-state index in [1.165, 1.54) is 44.1 Å². The predicted molar refractivity (Wildman–Crippen MR) is 154 cm³/mol. The number of nitrogens with one attached hydrogen (secondary N) is 1. The number of anilines is 2. The van der Waals surface area contributed by atoms with Crippen LogP contribution < -0.4 is 14.5 Å². The Morgan fingerprint density at radius 1 is 1.05 bits per heavy atom. The number of hydrogen-bond acceptors (Lipinski definition) is 5. The van der Waals surface area contributed by atoms with Crippen molar-refractivity contribution in [1.29, 1.82) is 0 Å². The average Bonchev–Trinajstić information content (AvgIpc) is 3.16. The normalized spacial score (nSPS) is 26.3. The first kappa shape index (κ1) is 25.6. The van der Waals surface area contributed by atoms with E-state index in [1.807, 2.05) is 32.0 Å². The van der Waals surface area contributed by atoms with Crippen molar-refractivity contribution in [2.75, 3.05) is 22.4 Å². The van der Waals surface area contributed by atoms with Gasteiger partial charge >= 0.3 is 4.87 Å². The molecular formula is C29H35N3O4S2. The monoisotopic (exact) mass is 553 g/mol. The largest absolute Gasteiger partial charge is 0.324 e. The summed E-state index contributed by atoms with van der Waals surface area (Å²) in [4.78, 5) is 25.3. The molecule has 7 nitrogen and oxygen atoms in total. The number of aromatic nitrogens is 1. The minimum absolute atomic E-state index is 0.0364. The molecule has 0 unspecified atom stereocenters. The number of rotatable bonds is 7. The summed E-state index contributed by atoms with van der Waals surface area (Å²) in [5.41, 5.74) is 3.41. The Hall–Kier alpha value is -2.65. The fourth-order valence-corrected chi connectivity index (χ4v) is 9.69. The van der Waals surface area contributed by atoms with E-state index in [-0.39, 0.29) is 22.9 Å². The maximum absolute atomic E-state index is 13.0. The summed E-state index contributed by atoms with van der Waals surface area (Å²) in [7, 11) is -3.68. The van der Waals surface area contributed by atoms with Gasteiger partial charge in [0.15, 0.2) is 0 Å². The molecule has 4 aliphatic rings. The van der Waals surface area contributed by atoms with Crippen LogP contribution in [-0.2, 0) is 20.2 Å². The third-order valence-corrected chi connectivity index (χ3v) is 11.0. The van der Waals surface area contributed by atoms with E-state index in [2.05, 4.69) is 17.4 Å². The van der Waals surface area contributed by atoms with Crippen LogP contribution in [-0.4, -0.2) is 31.7 Å². The maximum Gasteiger partial charge on any atom is 0.308 e. The van der Waals surface area contributed by atoms with Crippen LogP contribution in [0.2, 0.25) is 0 Å². The number of carbonyl (C=O) groups is 1. The van der Waals surface area contributed by atoms with Crippen molar-refractivity contribution >= 4 is 48.9 Å². The van der Waals surface area contributed by atoms with Crippen molar-refractivity contribution < 1.29 is 13.2 Å². The van der Waals surface area contributed by atoms with Crippen LogP contribution in [0.25, 0.3) is 10.2 Å². The van der Waals surface area contributed by atoms with Crippen LogP contribution in [0.3, 0.4) is 0 Å². The van der Waals surface area contributed by atoms with Gasteiger partial charge in [0, 0.05) is 11.7 Å². The van der Waals surface area contributed by atoms with Gasteiger partial charge in [0.1, 0.15) is 6.54 Å². The number of carbonyl (C=O) groups excluding carboxylic acids is 1. The molecule has 0 spiro atoms. The van der Waals surface area contributed by atoms with Crippen molar-refractivity contribution in [3.8, 4) is 0 Å². The van der Waals surface area contributed by atoms with Gasteiger partial charge < -0.3 is 5.32 Å². The Morgan fingerprint density at radius 2 is 1.66 bits per heavy atom. The molecule has 1 aromatic heterocycles. The second-order valence-corrected chi connectivity index (χ2v) is 15.0. The zero-order valence-electron chi connectivity index (χ0n) is 22.1. The molecule has 4 saturated carbocycles. The molecule has 0 radical (unpaired) electrons. The van der Waals surface area contributed by atoms with Crippen LogP contribution in [0.15, 0.2) is 47.3 Å². The standard InChI is InChI=1S/C29H35N3O4S2/c1-18(2)32-25-9-6-23(13-26(25)37-28(32)34)30-27(33)17-31(38(3,35)36)24-7-4-22(5-8-24)29-14-19-10-20(15-29)12-21(11-19)16-29/h4-9,13,18-21H,10-12,14-17H2,1-3H3,(H,30,33). The van der Waals surface area contributed by atoms with E-state index < -0.39 is 15.9 Å². The van der Waals surface area contributed by atoms with Crippen molar-refractivity contribution in [1.82, 2.24) is 4.57 Å². The molecule has 4 fully saturated rings. The summed E-state index contributed by atoms with van der Waals surface area (Å²) in [5.74, 6) is 2.07. The molecule has 9 heteroatoms. The van der Waals surface area contributed by atoms with E-state index >= 15 is 0 Å². The lowest BCUT2D eigenvalue weighted by molar-refractivity contribution is -0.114. The van der Waals surface area contributed by atoms with Crippen molar-refractivity contribution in [3.05, 3.63) is 57.7 Å². The summed E-state index contributed by atoms with van der Waals surface area (Å²) in [6.07, 6.45) is 9.00. The highest BCUT2D eigenvalue weighted by atomic mass is 32.2. The van der Waals surface area contributed by atoms with Crippen molar-refractivity contribution in [2.45, 2.75) is 63.8 Å². The first-order chi connectivity index (χ1) is 18.0. The smallest absolute Gasteiger partial charge is 0.308 e. The number of thiazole rings is 1. The summed E-state index contributed by atoms with van der Waals surface area (Å²) in [5, 5.41) is 2.82. The Balaban J connectivity index is 1.20. The Labute approximate surface area is 227 Å². The topological polar surface area (TPSA) is 88.5 Å². The Bertz CT molecular complexity index is 1520. The molecule has 0 aliphatic heterocycles. The summed E-state index contributed by atoms with van der Waals surface area (Å²) < 4.78 is 29.1. The number of benzene rings is 2. The molecular weight excluding hydrogens is 518 g/mol. The zero-order valence-corrected chi connectivity index (χ0v) is 23.8. The number of amides is 1. The third kappa shape index (κ3) is 4.57. The lowest BCUT2D eigenvalue weighted by Crippen LogP contribution is -2.48. The minimum Gasteiger partial charge on any atom is -0.324 e. The summed E-state index contributed by atoms with van der Waals surface area (Å²) >= 11 is 1.13. The zero-order chi connectivity index (χ0) is 26.8. The minimum atomic E-state index is -3.68. The van der Waals surface area contributed by atoms with Gasteiger partial charge in [-0.1, -0.05) is 23.5 Å². The molecule has 1 heterocycles. The SMILES string of the molecule is CC(C)n1c(=O)sc2cc(NC(=O)CN(c3ccc(C45CC6CC(CC(C6)C4)C5)cc3)S(C)(=O)=O)ccc21. The predicted octanol–water partition coefficient (Wildman–Crippen LogP) is 5.52. The van der Waals surface area contributed by atoms with Crippen molar-refractivity contribution in [3.63, 3.8) is 0 Å². The molecule has 7 rings (SSSR count). The Morgan fingerprint density at radius 3 is 2.21 bits per heavy atom. The highest BCUT2D eigenvalue weighted by molar-refractivity contribution is 7.92. The molecule has 0 saturated heterocycles. The van der Waals surface area contributed by atoms with Gasteiger partial charge in [-0.15, -0.1) is 0 Å². The second-order valence-electron chi connectivity index (χ2n) is 12.1. The Kier molecular flexibility index (Phi) is 6.22. The number of hydrogen-bond donors (Lipinski definition) is 1. The highest BCUT2D eigenvalue weighted by Crippen LogP contribution is 2.60. The number of sulfonamides is 1. The summed E-state index contributed by atoms with van der Waals surface area (Å²) in [6.45, 7) is 3.59. The summed E-state index contributed by atoms with van der Waals surface area (Å²) in [6, 6.07) is 13.3. The van der Waals surface area contributed by atoms with Gasteiger partial charge in [0.05, 0.1) is 22.2 Å². The van der Waals surface area contributed by atoms with Crippen LogP contribution in [0, 0.1) is 17.8 Å².